The van der Waals surface area contributed by atoms with Gasteiger partial charge in [-0.05, 0) is 30.3 Å². The first-order valence-corrected chi connectivity index (χ1v) is 7.56. The number of alkyl halides is 1. The molecule has 0 unspecified atom stereocenters. The summed E-state index contributed by atoms with van der Waals surface area (Å²) < 4.78 is 15.3. The van der Waals surface area contributed by atoms with E-state index in [4.69, 9.17) is 46.4 Å². The number of halogens is 5. The van der Waals surface area contributed by atoms with Crippen molar-refractivity contribution < 1.29 is 4.39 Å². The summed E-state index contributed by atoms with van der Waals surface area (Å²) in [6, 6.07) is 8.23. The second-order valence-electron chi connectivity index (χ2n) is 4.35. The van der Waals surface area contributed by atoms with Crippen molar-refractivity contribution in [2.45, 2.75) is 5.88 Å². The van der Waals surface area contributed by atoms with Gasteiger partial charge in [0.1, 0.15) is 5.82 Å². The SMILES string of the molecule is Fc1c(Cl)cc(-n2c(CCl)nc3ccc(Cl)cc32)cc1Cl. The van der Waals surface area contributed by atoms with Crippen LogP contribution in [0, 0.1) is 5.82 Å². The van der Waals surface area contributed by atoms with Crippen LogP contribution in [0.4, 0.5) is 4.39 Å². The molecule has 0 aliphatic carbocycles. The number of aromatic nitrogens is 2. The maximum absolute atomic E-state index is 13.6. The molecule has 0 N–H and O–H groups in total. The molecule has 0 bridgehead atoms. The number of rotatable bonds is 2. The van der Waals surface area contributed by atoms with Crippen LogP contribution in [0.2, 0.25) is 15.1 Å². The van der Waals surface area contributed by atoms with Crippen LogP contribution in [0.1, 0.15) is 5.82 Å². The molecule has 0 aliphatic heterocycles. The maximum atomic E-state index is 13.6. The van der Waals surface area contributed by atoms with E-state index in [1.54, 1.807) is 22.8 Å². The predicted octanol–water partition coefficient (Wildman–Crippen LogP) is 5.86. The molecule has 1 heterocycles. The Morgan fingerprint density at radius 1 is 1.05 bits per heavy atom. The van der Waals surface area contributed by atoms with Gasteiger partial charge in [0.15, 0.2) is 5.82 Å². The molecule has 0 saturated carbocycles. The van der Waals surface area contributed by atoms with Crippen LogP contribution in [-0.4, -0.2) is 9.55 Å². The highest BCUT2D eigenvalue weighted by Crippen LogP contribution is 2.31. The van der Waals surface area contributed by atoms with Gasteiger partial charge >= 0.3 is 0 Å². The Kier molecular flexibility index (Phi) is 4.02. The monoisotopic (exact) mass is 362 g/mol. The van der Waals surface area contributed by atoms with Crippen molar-refractivity contribution in [3.05, 3.63) is 57.0 Å². The molecular formula is C14H7Cl4FN2. The Bertz CT molecular complexity index is 821. The summed E-state index contributed by atoms with van der Waals surface area (Å²) in [4.78, 5) is 4.42. The zero-order valence-corrected chi connectivity index (χ0v) is 13.4. The summed E-state index contributed by atoms with van der Waals surface area (Å²) in [5.41, 5.74) is 2.05. The van der Waals surface area contributed by atoms with Crippen LogP contribution < -0.4 is 0 Å². The lowest BCUT2D eigenvalue weighted by Crippen LogP contribution is -2.00. The van der Waals surface area contributed by atoms with E-state index in [1.807, 2.05) is 0 Å². The van der Waals surface area contributed by atoms with Gasteiger partial charge in [0.2, 0.25) is 0 Å². The predicted molar refractivity (Wildman–Crippen MR) is 85.6 cm³/mol. The highest BCUT2D eigenvalue weighted by Gasteiger charge is 2.15. The largest absolute Gasteiger partial charge is 0.295 e. The third-order valence-electron chi connectivity index (χ3n) is 3.03. The quantitative estimate of drug-likeness (QED) is 0.411. The van der Waals surface area contributed by atoms with Crippen LogP contribution in [-0.2, 0) is 5.88 Å². The van der Waals surface area contributed by atoms with Gasteiger partial charge in [0.05, 0.1) is 32.6 Å². The van der Waals surface area contributed by atoms with E-state index in [2.05, 4.69) is 4.98 Å². The fourth-order valence-electron chi connectivity index (χ4n) is 2.15. The fraction of sp³-hybridized carbons (Fsp3) is 0.0714. The molecule has 0 amide bonds. The average molecular weight is 364 g/mol. The summed E-state index contributed by atoms with van der Waals surface area (Å²) in [7, 11) is 0. The summed E-state index contributed by atoms with van der Waals surface area (Å²) in [5, 5.41) is 0.424. The zero-order chi connectivity index (χ0) is 15.1. The Morgan fingerprint density at radius 3 is 2.33 bits per heavy atom. The second kappa shape index (κ2) is 5.65. The van der Waals surface area contributed by atoms with Crippen LogP contribution in [0.15, 0.2) is 30.3 Å². The fourth-order valence-corrected chi connectivity index (χ4v) is 2.97. The van der Waals surface area contributed by atoms with Gasteiger partial charge < -0.3 is 0 Å². The van der Waals surface area contributed by atoms with E-state index < -0.39 is 5.82 Å². The number of benzene rings is 2. The molecule has 3 aromatic rings. The van der Waals surface area contributed by atoms with Crippen molar-refractivity contribution in [1.82, 2.24) is 9.55 Å². The van der Waals surface area contributed by atoms with Crippen LogP contribution >= 0.6 is 46.4 Å². The van der Waals surface area contributed by atoms with Gasteiger partial charge in [-0.25, -0.2) is 9.37 Å². The molecule has 0 atom stereocenters. The van der Waals surface area contributed by atoms with E-state index in [0.717, 1.165) is 11.0 Å². The first-order chi connectivity index (χ1) is 10.0. The van der Waals surface area contributed by atoms with Gasteiger partial charge in [0.25, 0.3) is 0 Å². The van der Waals surface area contributed by atoms with E-state index >= 15 is 0 Å². The molecule has 0 spiro atoms. The highest BCUT2D eigenvalue weighted by molar-refractivity contribution is 6.35. The maximum Gasteiger partial charge on any atom is 0.160 e. The van der Waals surface area contributed by atoms with Crippen molar-refractivity contribution >= 4 is 57.4 Å². The third kappa shape index (κ3) is 2.59. The summed E-state index contributed by atoms with van der Waals surface area (Å²) in [6.07, 6.45) is 0. The minimum absolute atomic E-state index is 0.0677. The Balaban J connectivity index is 2.35. The number of fused-ring (bicyclic) bond motifs is 1. The second-order valence-corrected chi connectivity index (χ2v) is 5.87. The van der Waals surface area contributed by atoms with Gasteiger partial charge in [-0.3, -0.25) is 4.57 Å². The topological polar surface area (TPSA) is 17.8 Å². The zero-order valence-electron chi connectivity index (χ0n) is 10.4. The van der Waals surface area contributed by atoms with Crippen LogP contribution in [0.25, 0.3) is 16.7 Å². The number of hydrogen-bond acceptors (Lipinski definition) is 1. The Labute approximate surface area is 140 Å². The summed E-state index contributed by atoms with van der Waals surface area (Å²) in [5.74, 6) is 0.114. The molecule has 0 saturated heterocycles. The lowest BCUT2D eigenvalue weighted by molar-refractivity contribution is 0.628. The van der Waals surface area contributed by atoms with Crippen LogP contribution in [0.5, 0.6) is 0 Å². The minimum Gasteiger partial charge on any atom is -0.295 e. The van der Waals surface area contributed by atoms with Crippen molar-refractivity contribution in [2.75, 3.05) is 0 Å². The normalized spacial score (nSPS) is 11.3. The molecule has 0 fully saturated rings. The molecule has 1 aromatic heterocycles. The summed E-state index contributed by atoms with van der Waals surface area (Å²) in [6.45, 7) is 0. The van der Waals surface area contributed by atoms with E-state index in [9.17, 15) is 4.39 Å². The molecular weight excluding hydrogens is 357 g/mol. The van der Waals surface area contributed by atoms with Gasteiger partial charge in [-0.1, -0.05) is 34.8 Å². The molecule has 0 radical (unpaired) electrons. The molecule has 2 nitrogen and oxygen atoms in total. The number of nitrogens with zero attached hydrogens (tertiary/aromatic N) is 2. The molecule has 2 aromatic carbocycles. The smallest absolute Gasteiger partial charge is 0.160 e. The van der Waals surface area contributed by atoms with Gasteiger partial charge in [-0.2, -0.15) is 0 Å². The highest BCUT2D eigenvalue weighted by atomic mass is 35.5. The Hall–Kier alpha value is -1.00. The number of hydrogen-bond donors (Lipinski definition) is 0. The summed E-state index contributed by atoms with van der Waals surface area (Å²) >= 11 is 23.7. The Morgan fingerprint density at radius 2 is 1.71 bits per heavy atom. The minimum atomic E-state index is -0.656. The van der Waals surface area contributed by atoms with Crippen molar-refractivity contribution in [3.8, 4) is 5.69 Å². The molecule has 108 valence electrons. The van der Waals surface area contributed by atoms with E-state index in [0.29, 0.717) is 16.5 Å². The lowest BCUT2D eigenvalue weighted by atomic mass is 10.2. The molecule has 3 rings (SSSR count). The van der Waals surface area contributed by atoms with Crippen molar-refractivity contribution in [1.29, 1.82) is 0 Å². The van der Waals surface area contributed by atoms with Crippen LogP contribution in [0.3, 0.4) is 0 Å². The first-order valence-electron chi connectivity index (χ1n) is 5.89. The standard InChI is InChI=1S/C14H7Cl4FN2/c15-6-13-20-11-2-1-7(16)3-12(11)21(13)8-4-9(17)14(19)10(18)5-8/h1-5H,6H2. The molecule has 7 heteroatoms. The first kappa shape index (κ1) is 14.9. The number of imidazole rings is 1. The molecule has 0 aliphatic rings. The van der Waals surface area contributed by atoms with Gasteiger partial charge in [0, 0.05) is 5.02 Å². The van der Waals surface area contributed by atoms with E-state index in [-0.39, 0.29) is 15.9 Å². The lowest BCUT2D eigenvalue weighted by Gasteiger charge is -2.10. The van der Waals surface area contributed by atoms with E-state index in [1.165, 1.54) is 12.1 Å². The van der Waals surface area contributed by atoms with Crippen molar-refractivity contribution in [2.24, 2.45) is 0 Å². The average Bonchev–Trinajstić information content (AvgIpc) is 2.81. The van der Waals surface area contributed by atoms with Crippen molar-refractivity contribution in [3.63, 3.8) is 0 Å². The third-order valence-corrected chi connectivity index (χ3v) is 4.06. The van der Waals surface area contributed by atoms with Gasteiger partial charge in [-0.15, -0.1) is 11.6 Å². The molecule has 21 heavy (non-hydrogen) atoms.